The molecule has 1 saturated carbocycles. The Bertz CT molecular complexity index is 287. The predicted octanol–water partition coefficient (Wildman–Crippen LogP) is 3.17. The van der Waals surface area contributed by atoms with Gasteiger partial charge in [0.25, 0.3) is 0 Å². The SMILES string of the molecule is O=C(CCOCC(F)(F)F)NC1CCCCCC1Br. The molecule has 2 unspecified atom stereocenters. The first-order valence-electron chi connectivity index (χ1n) is 6.46. The summed E-state index contributed by atoms with van der Waals surface area (Å²) in [6, 6.07) is 0.0672. The summed E-state index contributed by atoms with van der Waals surface area (Å²) in [6.07, 6.45) is 0.906. The van der Waals surface area contributed by atoms with Gasteiger partial charge in [0.1, 0.15) is 6.61 Å². The molecule has 0 heterocycles. The zero-order valence-corrected chi connectivity index (χ0v) is 12.2. The van der Waals surface area contributed by atoms with Crippen LogP contribution in [0.25, 0.3) is 0 Å². The van der Waals surface area contributed by atoms with Gasteiger partial charge in [0.2, 0.25) is 5.91 Å². The summed E-state index contributed by atoms with van der Waals surface area (Å²) >= 11 is 3.55. The molecule has 19 heavy (non-hydrogen) atoms. The number of alkyl halides is 4. The maximum atomic E-state index is 11.8. The first kappa shape index (κ1) is 16.8. The van der Waals surface area contributed by atoms with Gasteiger partial charge < -0.3 is 10.1 Å². The third kappa shape index (κ3) is 7.77. The highest BCUT2D eigenvalue weighted by molar-refractivity contribution is 9.09. The number of rotatable bonds is 5. The number of ether oxygens (including phenoxy) is 1. The van der Waals surface area contributed by atoms with Crippen LogP contribution < -0.4 is 5.32 Å². The second-order valence-corrected chi connectivity index (χ2v) is 5.92. The van der Waals surface area contributed by atoms with Crippen LogP contribution in [-0.4, -0.2) is 36.2 Å². The average Bonchev–Trinajstić information content (AvgIpc) is 2.49. The molecule has 0 aliphatic heterocycles. The second kappa shape index (κ2) is 8.09. The van der Waals surface area contributed by atoms with Crippen molar-refractivity contribution in [2.75, 3.05) is 13.2 Å². The lowest BCUT2D eigenvalue weighted by atomic mass is 10.1. The molecule has 3 nitrogen and oxygen atoms in total. The molecule has 0 aromatic carbocycles. The van der Waals surface area contributed by atoms with Crippen LogP contribution in [0.5, 0.6) is 0 Å². The van der Waals surface area contributed by atoms with Gasteiger partial charge in [-0.1, -0.05) is 35.2 Å². The summed E-state index contributed by atoms with van der Waals surface area (Å²) in [6.45, 7) is -1.50. The number of halogens is 4. The van der Waals surface area contributed by atoms with Gasteiger partial charge in [-0.2, -0.15) is 13.2 Å². The Labute approximate surface area is 119 Å². The van der Waals surface area contributed by atoms with Crippen molar-refractivity contribution >= 4 is 21.8 Å². The van der Waals surface area contributed by atoms with Crippen LogP contribution in [0.4, 0.5) is 13.2 Å². The van der Waals surface area contributed by atoms with E-state index in [4.69, 9.17) is 0 Å². The van der Waals surface area contributed by atoms with Crippen LogP contribution in [0, 0.1) is 0 Å². The first-order valence-corrected chi connectivity index (χ1v) is 7.38. The lowest BCUT2D eigenvalue weighted by Gasteiger charge is -2.21. The average molecular weight is 346 g/mol. The smallest absolute Gasteiger partial charge is 0.372 e. The Balaban J connectivity index is 2.19. The molecule has 0 bridgehead atoms. The summed E-state index contributed by atoms with van der Waals surface area (Å²) in [4.78, 5) is 11.8. The highest BCUT2D eigenvalue weighted by Gasteiger charge is 2.27. The minimum absolute atomic E-state index is 0.0354. The van der Waals surface area contributed by atoms with Crippen molar-refractivity contribution in [1.29, 1.82) is 0 Å². The minimum Gasteiger partial charge on any atom is -0.372 e. The van der Waals surface area contributed by atoms with Crippen molar-refractivity contribution in [3.05, 3.63) is 0 Å². The van der Waals surface area contributed by atoms with Crippen molar-refractivity contribution < 1.29 is 22.7 Å². The Kier molecular flexibility index (Phi) is 7.13. The van der Waals surface area contributed by atoms with E-state index in [-0.39, 0.29) is 29.8 Å². The summed E-state index contributed by atoms with van der Waals surface area (Å²) < 4.78 is 39.9. The fourth-order valence-corrected chi connectivity index (χ4v) is 2.78. The van der Waals surface area contributed by atoms with E-state index in [1.807, 2.05) is 0 Å². The van der Waals surface area contributed by atoms with E-state index in [1.165, 1.54) is 0 Å². The monoisotopic (exact) mass is 345 g/mol. The second-order valence-electron chi connectivity index (χ2n) is 4.75. The van der Waals surface area contributed by atoms with Crippen molar-refractivity contribution in [1.82, 2.24) is 5.32 Å². The molecule has 0 saturated heterocycles. The van der Waals surface area contributed by atoms with E-state index in [0.717, 1.165) is 32.1 Å². The highest BCUT2D eigenvalue weighted by Crippen LogP contribution is 2.23. The van der Waals surface area contributed by atoms with Crippen LogP contribution >= 0.6 is 15.9 Å². The van der Waals surface area contributed by atoms with Crippen molar-refractivity contribution in [2.45, 2.75) is 55.6 Å². The zero-order valence-electron chi connectivity index (χ0n) is 10.6. The number of hydrogen-bond acceptors (Lipinski definition) is 2. The Hall–Kier alpha value is -0.300. The normalized spacial score (nSPS) is 24.8. The van der Waals surface area contributed by atoms with Crippen LogP contribution in [0.1, 0.15) is 38.5 Å². The molecule has 1 amide bonds. The van der Waals surface area contributed by atoms with Gasteiger partial charge in [-0.15, -0.1) is 0 Å². The fraction of sp³-hybridized carbons (Fsp3) is 0.917. The van der Waals surface area contributed by atoms with Crippen molar-refractivity contribution in [3.8, 4) is 0 Å². The van der Waals surface area contributed by atoms with Gasteiger partial charge in [0, 0.05) is 17.3 Å². The van der Waals surface area contributed by atoms with Gasteiger partial charge >= 0.3 is 6.18 Å². The molecule has 1 fully saturated rings. The Morgan fingerprint density at radius 1 is 1.26 bits per heavy atom. The number of hydrogen-bond donors (Lipinski definition) is 1. The molecule has 1 aliphatic rings. The third-order valence-electron chi connectivity index (χ3n) is 3.02. The maximum Gasteiger partial charge on any atom is 0.411 e. The largest absolute Gasteiger partial charge is 0.411 e. The molecule has 0 aromatic rings. The van der Waals surface area contributed by atoms with E-state index in [1.54, 1.807) is 0 Å². The van der Waals surface area contributed by atoms with Crippen molar-refractivity contribution in [3.63, 3.8) is 0 Å². The molecule has 0 spiro atoms. The standard InChI is InChI=1S/C12H19BrF3NO2/c13-9-4-2-1-3-5-10(9)17-11(18)6-7-19-8-12(14,15)16/h9-10H,1-8H2,(H,17,18). The number of amides is 1. The summed E-state index contributed by atoms with van der Waals surface area (Å²) in [5.41, 5.74) is 0. The molecule has 7 heteroatoms. The van der Waals surface area contributed by atoms with Crippen molar-refractivity contribution in [2.24, 2.45) is 0 Å². The molecule has 1 N–H and O–H groups in total. The van der Waals surface area contributed by atoms with Gasteiger partial charge in [-0.05, 0) is 12.8 Å². The molecule has 112 valence electrons. The van der Waals surface area contributed by atoms with Gasteiger partial charge in [-0.25, -0.2) is 0 Å². The Morgan fingerprint density at radius 3 is 2.63 bits per heavy atom. The highest BCUT2D eigenvalue weighted by atomic mass is 79.9. The molecule has 0 radical (unpaired) electrons. The minimum atomic E-state index is -4.33. The first-order chi connectivity index (χ1) is 8.88. The number of carbonyl (C=O) groups is 1. The van der Waals surface area contributed by atoms with Crippen LogP contribution in [0.15, 0.2) is 0 Å². The number of nitrogens with one attached hydrogen (secondary N) is 1. The van der Waals surface area contributed by atoms with E-state index in [0.29, 0.717) is 0 Å². The lowest BCUT2D eigenvalue weighted by Crippen LogP contribution is -2.40. The number of carbonyl (C=O) groups excluding carboxylic acids is 1. The van der Waals surface area contributed by atoms with Gasteiger partial charge in [0.05, 0.1) is 6.61 Å². The van der Waals surface area contributed by atoms with E-state index < -0.39 is 12.8 Å². The fourth-order valence-electron chi connectivity index (χ4n) is 2.06. The lowest BCUT2D eigenvalue weighted by molar-refractivity contribution is -0.174. The van der Waals surface area contributed by atoms with E-state index >= 15 is 0 Å². The van der Waals surface area contributed by atoms with E-state index in [2.05, 4.69) is 26.0 Å². The van der Waals surface area contributed by atoms with E-state index in [9.17, 15) is 18.0 Å². The van der Waals surface area contributed by atoms with Gasteiger partial charge in [0.15, 0.2) is 0 Å². The van der Waals surface area contributed by atoms with Gasteiger partial charge in [-0.3, -0.25) is 4.79 Å². The Morgan fingerprint density at radius 2 is 1.95 bits per heavy atom. The maximum absolute atomic E-state index is 11.8. The summed E-state index contributed by atoms with van der Waals surface area (Å²) in [5, 5.41) is 2.86. The van der Waals surface area contributed by atoms with Crippen LogP contribution in [0.2, 0.25) is 0 Å². The molecule has 1 aliphatic carbocycles. The third-order valence-corrected chi connectivity index (χ3v) is 4.11. The molecular formula is C12H19BrF3NO2. The van der Waals surface area contributed by atoms with Crippen LogP contribution in [0.3, 0.4) is 0 Å². The predicted molar refractivity (Wildman–Crippen MR) is 69.2 cm³/mol. The summed E-state index contributed by atoms with van der Waals surface area (Å²) in [7, 11) is 0. The topological polar surface area (TPSA) is 38.3 Å². The quantitative estimate of drug-likeness (QED) is 0.472. The molecule has 0 aromatic heterocycles. The molecular weight excluding hydrogens is 327 g/mol. The summed E-state index contributed by atoms with van der Waals surface area (Å²) in [5.74, 6) is -0.251. The molecule has 1 rings (SSSR count). The van der Waals surface area contributed by atoms with Crippen LogP contribution in [-0.2, 0) is 9.53 Å². The zero-order chi connectivity index (χ0) is 14.3. The molecule has 2 atom stereocenters.